The van der Waals surface area contributed by atoms with Gasteiger partial charge in [-0.05, 0) is 39.5 Å². The Hall–Kier alpha value is -4.32. The minimum atomic E-state index is -1.28. The molecular formula is C23H41N9O9. The van der Waals surface area contributed by atoms with Gasteiger partial charge in [0.2, 0.25) is 41.4 Å². The van der Waals surface area contributed by atoms with E-state index >= 15 is 0 Å². The highest BCUT2D eigenvalue weighted by Gasteiger charge is 2.25. The molecule has 232 valence electrons. The van der Waals surface area contributed by atoms with Crippen LogP contribution in [0, 0.1) is 0 Å². The normalized spacial score (nSPS) is 13.4. The molecular weight excluding hydrogens is 546 g/mol. The van der Waals surface area contributed by atoms with Gasteiger partial charge >= 0.3 is 5.97 Å². The molecule has 0 aromatic heterocycles. The molecule has 0 aliphatic heterocycles. The molecule has 0 saturated heterocycles. The van der Waals surface area contributed by atoms with Gasteiger partial charge in [-0.1, -0.05) is 0 Å². The van der Waals surface area contributed by atoms with Crippen LogP contribution < -0.4 is 49.1 Å². The van der Waals surface area contributed by atoms with E-state index in [0.717, 1.165) is 0 Å². The summed E-state index contributed by atoms with van der Waals surface area (Å²) in [5, 5.41) is 23.3. The fourth-order valence-corrected chi connectivity index (χ4v) is 3.03. The summed E-state index contributed by atoms with van der Waals surface area (Å²) < 4.78 is 0. The summed E-state index contributed by atoms with van der Waals surface area (Å²) in [4.78, 5) is 94.1. The summed E-state index contributed by atoms with van der Waals surface area (Å²) >= 11 is 0. The molecule has 4 atom stereocenters. The van der Waals surface area contributed by atoms with Gasteiger partial charge in [-0.25, -0.2) is 0 Å². The lowest BCUT2D eigenvalue weighted by atomic mass is 10.1. The first kappa shape index (κ1) is 36.7. The molecule has 0 saturated carbocycles. The molecule has 0 spiro atoms. The van der Waals surface area contributed by atoms with Gasteiger partial charge in [0.15, 0.2) is 0 Å². The molecule has 0 rings (SSSR count). The number of rotatable bonds is 20. The van der Waals surface area contributed by atoms with Gasteiger partial charge in [0, 0.05) is 13.0 Å². The van der Waals surface area contributed by atoms with Crippen molar-refractivity contribution in [1.29, 1.82) is 0 Å². The molecule has 0 aliphatic rings. The number of carboxylic acid groups (broad SMARTS) is 1. The number of hydrogen-bond donors (Lipinski definition) is 10. The Morgan fingerprint density at radius 1 is 0.707 bits per heavy atom. The van der Waals surface area contributed by atoms with Crippen LogP contribution in [0.3, 0.4) is 0 Å². The molecule has 13 N–H and O–H groups in total. The molecule has 18 heteroatoms. The highest BCUT2D eigenvalue weighted by molar-refractivity contribution is 5.91. The summed E-state index contributed by atoms with van der Waals surface area (Å²) in [5.74, 6) is -5.81. The van der Waals surface area contributed by atoms with E-state index in [0.29, 0.717) is 12.8 Å². The predicted octanol–water partition coefficient (Wildman–Crippen LogP) is -5.36. The molecule has 0 aromatic carbocycles. The summed E-state index contributed by atoms with van der Waals surface area (Å²) in [6.45, 7) is 1.89. The minimum Gasteiger partial charge on any atom is -0.480 e. The zero-order valence-electron chi connectivity index (χ0n) is 23.1. The van der Waals surface area contributed by atoms with Crippen LogP contribution in [-0.2, 0) is 38.4 Å². The number of amides is 7. The van der Waals surface area contributed by atoms with E-state index in [1.54, 1.807) is 0 Å². The first-order chi connectivity index (χ1) is 19.2. The van der Waals surface area contributed by atoms with Crippen LogP contribution in [0.1, 0.15) is 46.0 Å². The van der Waals surface area contributed by atoms with Crippen molar-refractivity contribution < 1.29 is 43.5 Å². The van der Waals surface area contributed by atoms with Gasteiger partial charge in [-0.15, -0.1) is 0 Å². The Labute approximate surface area is 236 Å². The van der Waals surface area contributed by atoms with E-state index in [9.17, 15) is 38.4 Å². The van der Waals surface area contributed by atoms with Gasteiger partial charge in [-0.2, -0.15) is 0 Å². The van der Waals surface area contributed by atoms with Crippen LogP contribution in [0.4, 0.5) is 0 Å². The summed E-state index contributed by atoms with van der Waals surface area (Å²) in [6, 6.07) is -4.44. The van der Waals surface area contributed by atoms with Crippen molar-refractivity contribution in [1.82, 2.24) is 31.9 Å². The first-order valence-corrected chi connectivity index (χ1v) is 12.9. The number of nitrogens with one attached hydrogen (secondary N) is 6. The largest absolute Gasteiger partial charge is 0.480 e. The van der Waals surface area contributed by atoms with Crippen molar-refractivity contribution >= 4 is 47.3 Å². The third-order valence-corrected chi connectivity index (χ3v) is 5.43. The maximum absolute atomic E-state index is 12.6. The second kappa shape index (κ2) is 19.7. The number of carboxylic acids is 1. The van der Waals surface area contributed by atoms with Crippen molar-refractivity contribution in [2.45, 2.75) is 70.1 Å². The van der Waals surface area contributed by atoms with Crippen molar-refractivity contribution in [3.8, 4) is 0 Å². The second-order valence-corrected chi connectivity index (χ2v) is 9.08. The maximum Gasteiger partial charge on any atom is 0.325 e. The number of nitrogens with two attached hydrogens (primary N) is 3. The number of primary amides is 1. The summed E-state index contributed by atoms with van der Waals surface area (Å²) in [6.07, 6.45) is 0.321. The van der Waals surface area contributed by atoms with E-state index in [1.807, 2.05) is 0 Å². The van der Waals surface area contributed by atoms with Crippen LogP contribution in [0.2, 0.25) is 0 Å². The lowest BCUT2D eigenvalue weighted by molar-refractivity contribution is -0.141. The smallest absolute Gasteiger partial charge is 0.325 e. The van der Waals surface area contributed by atoms with Crippen molar-refractivity contribution in [3.05, 3.63) is 0 Å². The van der Waals surface area contributed by atoms with Gasteiger partial charge in [0.1, 0.15) is 18.1 Å². The zero-order chi connectivity index (χ0) is 31.5. The molecule has 4 unspecified atom stereocenters. The van der Waals surface area contributed by atoms with Crippen LogP contribution >= 0.6 is 0 Å². The van der Waals surface area contributed by atoms with E-state index in [-0.39, 0.29) is 45.4 Å². The Bertz CT molecular complexity index is 959. The summed E-state index contributed by atoms with van der Waals surface area (Å²) in [5.41, 5.74) is 15.8. The van der Waals surface area contributed by atoms with Gasteiger partial charge in [0.25, 0.3) is 0 Å². The van der Waals surface area contributed by atoms with E-state index < -0.39 is 71.5 Å². The molecule has 0 aliphatic carbocycles. The van der Waals surface area contributed by atoms with Gasteiger partial charge in [-0.3, -0.25) is 38.4 Å². The third-order valence-electron chi connectivity index (χ3n) is 5.43. The molecule has 7 amide bonds. The average Bonchev–Trinajstić information content (AvgIpc) is 2.91. The van der Waals surface area contributed by atoms with E-state index in [1.165, 1.54) is 13.8 Å². The number of unbranched alkanes of at least 4 members (excludes halogenated alkanes) is 1. The SMILES string of the molecule is CC(N)C(=O)NC(CCC(=O)NC(CCCCNC(=O)CNC(=O)CNC(=O)CN)C(=O)NC(C)C(=O)O)C(N)=O. The Morgan fingerprint density at radius 2 is 1.29 bits per heavy atom. The van der Waals surface area contributed by atoms with Crippen LogP contribution in [0.5, 0.6) is 0 Å². The highest BCUT2D eigenvalue weighted by Crippen LogP contribution is 2.05. The quantitative estimate of drug-likeness (QED) is 0.0599. The van der Waals surface area contributed by atoms with Crippen LogP contribution in [0.25, 0.3) is 0 Å². The summed E-state index contributed by atoms with van der Waals surface area (Å²) in [7, 11) is 0. The predicted molar refractivity (Wildman–Crippen MR) is 143 cm³/mol. The fourth-order valence-electron chi connectivity index (χ4n) is 3.03. The van der Waals surface area contributed by atoms with Crippen LogP contribution in [0.15, 0.2) is 0 Å². The van der Waals surface area contributed by atoms with Gasteiger partial charge < -0.3 is 54.2 Å². The number of aliphatic carboxylic acids is 1. The highest BCUT2D eigenvalue weighted by atomic mass is 16.4. The monoisotopic (exact) mass is 587 g/mol. The lowest BCUT2D eigenvalue weighted by Crippen LogP contribution is -2.52. The first-order valence-electron chi connectivity index (χ1n) is 12.9. The standard InChI is InChI=1S/C23H41N9O9/c1-12(25)21(38)32-14(20(26)37)6-7-16(33)31-15(22(39)30-13(2)23(40)41)5-3-4-8-27-18(35)10-29-19(36)11-28-17(34)9-24/h12-15H,3-11,24-25H2,1-2H3,(H2,26,37)(H,27,35)(H,28,34)(H,29,36)(H,30,39)(H,31,33)(H,32,38)(H,40,41). The van der Waals surface area contributed by atoms with Gasteiger partial charge in [0.05, 0.1) is 25.7 Å². The minimum absolute atomic E-state index is 0.0814. The molecule has 41 heavy (non-hydrogen) atoms. The second-order valence-electron chi connectivity index (χ2n) is 9.08. The molecule has 0 fully saturated rings. The van der Waals surface area contributed by atoms with E-state index in [4.69, 9.17) is 22.3 Å². The van der Waals surface area contributed by atoms with Crippen LogP contribution in [-0.4, -0.2) is 103 Å². The van der Waals surface area contributed by atoms with Crippen molar-refractivity contribution in [2.24, 2.45) is 17.2 Å². The third kappa shape index (κ3) is 17.1. The van der Waals surface area contributed by atoms with Crippen molar-refractivity contribution in [3.63, 3.8) is 0 Å². The van der Waals surface area contributed by atoms with Crippen molar-refractivity contribution in [2.75, 3.05) is 26.2 Å². The molecule has 0 aromatic rings. The Balaban J connectivity index is 4.81. The number of carbonyl (C=O) groups excluding carboxylic acids is 7. The number of hydrogen-bond acceptors (Lipinski definition) is 10. The van der Waals surface area contributed by atoms with E-state index in [2.05, 4.69) is 31.9 Å². The molecule has 18 nitrogen and oxygen atoms in total. The molecule has 0 heterocycles. The molecule has 0 bridgehead atoms. The zero-order valence-corrected chi connectivity index (χ0v) is 23.1. The average molecular weight is 588 g/mol. The Kier molecular flexibility index (Phi) is 17.6. The Morgan fingerprint density at radius 3 is 1.83 bits per heavy atom. The topological polar surface area (TPSA) is 307 Å². The maximum atomic E-state index is 12.6. The molecule has 0 radical (unpaired) electrons. The fraction of sp³-hybridized carbons (Fsp3) is 0.652. The lowest BCUT2D eigenvalue weighted by Gasteiger charge is -2.21. The number of carbonyl (C=O) groups is 8.